The molecule has 1 aromatic heterocycles. The van der Waals surface area contributed by atoms with Gasteiger partial charge in [-0.3, -0.25) is 4.98 Å². The van der Waals surface area contributed by atoms with Gasteiger partial charge in [-0.25, -0.2) is 21.6 Å². The number of aromatic nitrogens is 1. The Morgan fingerprint density at radius 2 is 1.93 bits per heavy atom. The summed E-state index contributed by atoms with van der Waals surface area (Å²) >= 11 is 0. The summed E-state index contributed by atoms with van der Waals surface area (Å²) in [6.45, 7) is 1.74. The van der Waals surface area contributed by atoms with Gasteiger partial charge in [-0.1, -0.05) is 12.2 Å². The summed E-state index contributed by atoms with van der Waals surface area (Å²) in [5.74, 6) is -2.78. The molecule has 1 N–H and O–H groups in total. The van der Waals surface area contributed by atoms with Crippen LogP contribution in [-0.2, 0) is 9.84 Å². The van der Waals surface area contributed by atoms with Gasteiger partial charge in [0.25, 0.3) is 0 Å². The van der Waals surface area contributed by atoms with E-state index in [4.69, 9.17) is 0 Å². The Morgan fingerprint density at radius 3 is 2.52 bits per heavy atom. The number of pyridine rings is 1. The molecule has 0 saturated heterocycles. The summed E-state index contributed by atoms with van der Waals surface area (Å²) in [6, 6.07) is 0.608. The first-order valence-electron chi connectivity index (χ1n) is 8.90. The largest absolute Gasteiger partial charge is 0.390 e. The molecule has 1 saturated carbocycles. The number of aliphatic hydroxyl groups is 1. The van der Waals surface area contributed by atoms with Crippen molar-refractivity contribution in [3.8, 4) is 0 Å². The lowest BCUT2D eigenvalue weighted by Gasteiger charge is -2.33. The number of rotatable bonds is 4. The van der Waals surface area contributed by atoms with E-state index in [2.05, 4.69) is 4.98 Å². The van der Waals surface area contributed by atoms with Crippen molar-refractivity contribution in [1.29, 1.82) is 0 Å². The SMILES string of the molecule is CC1(O)CCC(CS(=O)(=O)C2C=CC(c3ncc(F)cc3F)=C(F)C2)CC1. The van der Waals surface area contributed by atoms with Crippen molar-refractivity contribution in [3.63, 3.8) is 0 Å². The normalized spacial score (nSPS) is 29.2. The molecule has 4 nitrogen and oxygen atoms in total. The van der Waals surface area contributed by atoms with Crippen molar-refractivity contribution in [2.24, 2.45) is 5.92 Å². The molecule has 2 aliphatic carbocycles. The van der Waals surface area contributed by atoms with Gasteiger partial charge >= 0.3 is 0 Å². The average molecular weight is 401 g/mol. The number of nitrogens with zero attached hydrogens (tertiary/aromatic N) is 1. The highest BCUT2D eigenvalue weighted by molar-refractivity contribution is 7.92. The van der Waals surface area contributed by atoms with Gasteiger partial charge in [0.2, 0.25) is 0 Å². The van der Waals surface area contributed by atoms with E-state index >= 15 is 0 Å². The van der Waals surface area contributed by atoms with Gasteiger partial charge in [-0.2, -0.15) is 0 Å². The molecule has 8 heteroatoms. The lowest BCUT2D eigenvalue weighted by Crippen LogP contribution is -2.35. The molecule has 1 heterocycles. The number of hydrogen-bond donors (Lipinski definition) is 1. The van der Waals surface area contributed by atoms with Crippen LogP contribution in [-0.4, -0.2) is 35.1 Å². The van der Waals surface area contributed by atoms with E-state index in [1.54, 1.807) is 6.92 Å². The fourth-order valence-electron chi connectivity index (χ4n) is 3.63. The van der Waals surface area contributed by atoms with Gasteiger partial charge in [-0.05, 0) is 38.5 Å². The number of allylic oxidation sites excluding steroid dienone is 3. The third-order valence-corrected chi connectivity index (χ3v) is 7.51. The van der Waals surface area contributed by atoms with Gasteiger partial charge in [0.1, 0.15) is 17.3 Å². The Balaban J connectivity index is 1.71. The maximum Gasteiger partial charge on any atom is 0.157 e. The molecule has 2 aliphatic rings. The summed E-state index contributed by atoms with van der Waals surface area (Å²) < 4.78 is 66.7. The fourth-order valence-corrected chi connectivity index (χ4v) is 5.59. The molecule has 0 amide bonds. The second kappa shape index (κ2) is 7.39. The quantitative estimate of drug-likeness (QED) is 0.835. The molecular formula is C19H22F3NO3S. The van der Waals surface area contributed by atoms with E-state index in [0.29, 0.717) is 31.7 Å². The molecule has 1 unspecified atom stereocenters. The van der Waals surface area contributed by atoms with Crippen molar-refractivity contribution in [3.05, 3.63) is 47.6 Å². The third-order valence-electron chi connectivity index (χ3n) is 5.32. The van der Waals surface area contributed by atoms with Crippen molar-refractivity contribution >= 4 is 15.4 Å². The van der Waals surface area contributed by atoms with Crippen LogP contribution < -0.4 is 0 Å². The first kappa shape index (κ1) is 20.1. The van der Waals surface area contributed by atoms with Crippen molar-refractivity contribution in [1.82, 2.24) is 4.98 Å². The van der Waals surface area contributed by atoms with Crippen molar-refractivity contribution in [2.75, 3.05) is 5.75 Å². The molecular weight excluding hydrogens is 379 g/mol. The van der Waals surface area contributed by atoms with Crippen LogP contribution in [0.25, 0.3) is 5.57 Å². The average Bonchev–Trinajstić information content (AvgIpc) is 2.57. The van der Waals surface area contributed by atoms with Gasteiger partial charge < -0.3 is 5.11 Å². The number of hydrogen-bond acceptors (Lipinski definition) is 4. The lowest BCUT2D eigenvalue weighted by atomic mass is 9.81. The van der Waals surface area contributed by atoms with E-state index in [0.717, 1.165) is 6.20 Å². The molecule has 0 bridgehead atoms. The van der Waals surface area contributed by atoms with E-state index in [-0.39, 0.29) is 22.9 Å². The van der Waals surface area contributed by atoms with Gasteiger partial charge in [0.05, 0.1) is 22.8 Å². The highest BCUT2D eigenvalue weighted by atomic mass is 32.2. The molecule has 0 spiro atoms. The van der Waals surface area contributed by atoms with Crippen LogP contribution in [0.5, 0.6) is 0 Å². The van der Waals surface area contributed by atoms with Crippen LogP contribution in [0.2, 0.25) is 0 Å². The predicted octanol–water partition coefficient (Wildman–Crippen LogP) is 3.72. The zero-order valence-electron chi connectivity index (χ0n) is 15.0. The zero-order valence-corrected chi connectivity index (χ0v) is 15.8. The Hall–Kier alpha value is -1.67. The van der Waals surface area contributed by atoms with E-state index < -0.39 is 44.6 Å². The second-order valence-electron chi connectivity index (χ2n) is 7.67. The summed E-state index contributed by atoms with van der Waals surface area (Å²) in [5, 5.41) is 8.95. The highest BCUT2D eigenvalue weighted by Gasteiger charge is 2.35. The topological polar surface area (TPSA) is 67.3 Å². The smallest absolute Gasteiger partial charge is 0.157 e. The maximum atomic E-state index is 14.5. The molecule has 1 fully saturated rings. The monoisotopic (exact) mass is 401 g/mol. The summed E-state index contributed by atoms with van der Waals surface area (Å²) in [4.78, 5) is 3.57. The summed E-state index contributed by atoms with van der Waals surface area (Å²) in [5.41, 5.74) is -1.25. The minimum absolute atomic E-state index is 0.0618. The Kier molecular flexibility index (Phi) is 5.49. The van der Waals surface area contributed by atoms with Crippen LogP contribution in [0.3, 0.4) is 0 Å². The molecule has 0 aliphatic heterocycles. The Labute approximate surface area is 156 Å². The molecule has 0 aromatic carbocycles. The third kappa shape index (κ3) is 4.60. The standard InChI is InChI=1S/C19H22F3NO3S/c1-19(24)6-4-12(5-7-19)11-27(25,26)14-2-3-15(16(21)9-14)18-17(22)8-13(20)10-23-18/h2-3,8,10,12,14,24H,4-7,9,11H2,1H3. The van der Waals surface area contributed by atoms with E-state index in [9.17, 15) is 26.7 Å². The van der Waals surface area contributed by atoms with Gasteiger partial charge in [0, 0.05) is 18.1 Å². The highest BCUT2D eigenvalue weighted by Crippen LogP contribution is 2.35. The molecule has 27 heavy (non-hydrogen) atoms. The van der Waals surface area contributed by atoms with Crippen LogP contribution in [0.15, 0.2) is 30.2 Å². The number of halogens is 3. The lowest BCUT2D eigenvalue weighted by molar-refractivity contribution is 0.0108. The van der Waals surface area contributed by atoms with E-state index in [1.165, 1.54) is 12.2 Å². The summed E-state index contributed by atoms with van der Waals surface area (Å²) in [6.07, 6.45) is 5.24. The van der Waals surface area contributed by atoms with Crippen molar-refractivity contribution in [2.45, 2.75) is 49.9 Å². The Bertz CT molecular complexity index is 883. The van der Waals surface area contributed by atoms with E-state index in [1.807, 2.05) is 0 Å². The number of sulfone groups is 1. The maximum absolute atomic E-state index is 14.5. The van der Waals surface area contributed by atoms with Crippen LogP contribution in [0, 0.1) is 17.6 Å². The van der Waals surface area contributed by atoms with Crippen LogP contribution in [0.4, 0.5) is 13.2 Å². The van der Waals surface area contributed by atoms with Crippen molar-refractivity contribution < 1.29 is 26.7 Å². The fraction of sp³-hybridized carbons (Fsp3) is 0.526. The predicted molar refractivity (Wildman–Crippen MR) is 96.1 cm³/mol. The second-order valence-corrected chi connectivity index (χ2v) is 9.94. The van der Waals surface area contributed by atoms with Crippen LogP contribution >= 0.6 is 0 Å². The first-order chi connectivity index (χ1) is 12.6. The van der Waals surface area contributed by atoms with Gasteiger partial charge in [-0.15, -0.1) is 0 Å². The Morgan fingerprint density at radius 1 is 1.26 bits per heavy atom. The molecule has 1 aromatic rings. The molecule has 148 valence electrons. The zero-order chi connectivity index (χ0) is 19.8. The minimum atomic E-state index is -3.59. The van der Waals surface area contributed by atoms with Crippen LogP contribution in [0.1, 0.15) is 44.7 Å². The first-order valence-corrected chi connectivity index (χ1v) is 10.6. The minimum Gasteiger partial charge on any atom is -0.390 e. The molecule has 3 rings (SSSR count). The van der Waals surface area contributed by atoms with Gasteiger partial charge in [0.15, 0.2) is 15.7 Å². The molecule has 0 radical (unpaired) electrons. The summed E-state index contributed by atoms with van der Waals surface area (Å²) in [7, 11) is -3.59. The molecule has 1 atom stereocenters.